The quantitative estimate of drug-likeness (QED) is 0.342. The topological polar surface area (TPSA) is 103 Å². The maximum Gasteiger partial charge on any atom is 0.167 e. The third kappa shape index (κ3) is 5.26. The number of amidine groups is 2. The fraction of sp³-hybridized carbons (Fsp3) is 0.333. The van der Waals surface area contributed by atoms with E-state index < -0.39 is 0 Å². The first-order valence-electron chi connectivity index (χ1n) is 8.87. The molecule has 28 heavy (non-hydrogen) atoms. The molecular formula is C18H23BrN6OS2. The third-order valence-electron chi connectivity index (χ3n) is 4.30. The van der Waals surface area contributed by atoms with Crippen LogP contribution in [0.1, 0.15) is 6.92 Å². The molecule has 0 radical (unpaired) electrons. The average Bonchev–Trinajstić information content (AvgIpc) is 3.03. The minimum Gasteiger partial charge on any atom is -0.504 e. The van der Waals surface area contributed by atoms with Gasteiger partial charge >= 0.3 is 0 Å². The number of piperazine rings is 1. The number of aliphatic imine (C=N–C) groups is 2. The van der Waals surface area contributed by atoms with E-state index in [2.05, 4.69) is 42.0 Å². The van der Waals surface area contributed by atoms with E-state index in [1.165, 1.54) is 11.3 Å². The van der Waals surface area contributed by atoms with E-state index in [9.17, 15) is 5.11 Å². The van der Waals surface area contributed by atoms with E-state index >= 15 is 0 Å². The van der Waals surface area contributed by atoms with Crippen LogP contribution in [-0.4, -0.2) is 58.7 Å². The number of likely N-dealkylation sites (N-methyl/N-ethyl adjacent to an activating group) is 1. The second-order valence-corrected chi connectivity index (χ2v) is 9.26. The van der Waals surface area contributed by atoms with Crippen LogP contribution < -0.4 is 11.5 Å². The summed E-state index contributed by atoms with van der Waals surface area (Å²) in [6, 6.07) is 7.44. The van der Waals surface area contributed by atoms with Crippen molar-refractivity contribution >= 4 is 62.3 Å². The molecule has 1 aromatic heterocycles. The van der Waals surface area contributed by atoms with Gasteiger partial charge in [0.1, 0.15) is 9.90 Å². The molecule has 3 rings (SSSR count). The lowest BCUT2D eigenvalue weighted by Crippen LogP contribution is -2.42. The zero-order valence-electron chi connectivity index (χ0n) is 15.5. The number of hydrogen-bond donors (Lipinski definition) is 3. The van der Waals surface area contributed by atoms with Crippen LogP contribution in [0.5, 0.6) is 5.75 Å². The number of thiophene rings is 1. The molecule has 7 nitrogen and oxygen atoms in total. The molecule has 0 atom stereocenters. The van der Waals surface area contributed by atoms with Crippen LogP contribution in [0, 0.1) is 0 Å². The summed E-state index contributed by atoms with van der Waals surface area (Å²) >= 11 is 6.42. The first-order chi connectivity index (χ1) is 13.5. The summed E-state index contributed by atoms with van der Waals surface area (Å²) in [5.41, 5.74) is 13.0. The van der Waals surface area contributed by atoms with Crippen LogP contribution in [0.4, 0.5) is 11.4 Å². The van der Waals surface area contributed by atoms with Gasteiger partial charge in [0.25, 0.3) is 0 Å². The molecule has 1 aliphatic heterocycles. The minimum atomic E-state index is 0.0666. The number of nitrogens with zero attached hydrogens (tertiary/aromatic N) is 4. The fourth-order valence-corrected chi connectivity index (χ4v) is 5.02. The zero-order chi connectivity index (χ0) is 20.1. The number of rotatable bonds is 5. The smallest absolute Gasteiger partial charge is 0.167 e. The lowest BCUT2D eigenvalue weighted by atomic mass is 10.3. The molecule has 5 N–H and O–H groups in total. The Morgan fingerprint density at radius 1 is 1.14 bits per heavy atom. The van der Waals surface area contributed by atoms with Crippen molar-refractivity contribution < 1.29 is 5.11 Å². The average molecular weight is 483 g/mol. The van der Waals surface area contributed by atoms with Crippen molar-refractivity contribution in [2.75, 3.05) is 32.7 Å². The number of halogens is 1. The third-order valence-corrected chi connectivity index (χ3v) is 7.21. The Morgan fingerprint density at radius 3 is 2.43 bits per heavy atom. The van der Waals surface area contributed by atoms with E-state index in [-0.39, 0.29) is 17.4 Å². The molecule has 0 bridgehead atoms. The SMILES string of the molecule is CCN1CCN(Sc2scc(N=C(N)C(N)=Nc3ccccc3Br)c2O)CC1. The molecule has 0 aliphatic carbocycles. The lowest BCUT2D eigenvalue weighted by Gasteiger charge is -2.32. The molecule has 1 fully saturated rings. The highest BCUT2D eigenvalue weighted by Crippen LogP contribution is 2.44. The molecule has 2 aromatic rings. The van der Waals surface area contributed by atoms with Crippen LogP contribution in [0.3, 0.4) is 0 Å². The monoisotopic (exact) mass is 482 g/mol. The molecule has 10 heteroatoms. The summed E-state index contributed by atoms with van der Waals surface area (Å²) in [6.45, 7) is 7.24. The van der Waals surface area contributed by atoms with Gasteiger partial charge in [-0.3, -0.25) is 0 Å². The Labute approximate surface area is 181 Å². The number of nitrogens with two attached hydrogens (primary N) is 2. The summed E-state index contributed by atoms with van der Waals surface area (Å²) in [4.78, 5) is 11.0. The maximum atomic E-state index is 10.5. The number of para-hydroxylation sites is 1. The normalized spacial score (nSPS) is 17.2. The second-order valence-electron chi connectivity index (χ2n) is 6.16. The Kier molecular flexibility index (Phi) is 7.36. The summed E-state index contributed by atoms with van der Waals surface area (Å²) in [7, 11) is 0. The Morgan fingerprint density at radius 2 is 1.79 bits per heavy atom. The summed E-state index contributed by atoms with van der Waals surface area (Å²) in [5, 5.41) is 12.3. The number of benzene rings is 1. The van der Waals surface area contributed by atoms with Crippen LogP contribution in [0.2, 0.25) is 0 Å². The fourth-order valence-electron chi connectivity index (χ4n) is 2.64. The zero-order valence-corrected chi connectivity index (χ0v) is 18.7. The molecular weight excluding hydrogens is 460 g/mol. The van der Waals surface area contributed by atoms with Gasteiger partial charge in [-0.05, 0) is 46.6 Å². The molecule has 0 amide bonds. The van der Waals surface area contributed by atoms with Gasteiger partial charge in [-0.1, -0.05) is 19.1 Å². The standard InChI is InChI=1S/C18H23BrN6OS2/c1-2-24-7-9-25(10-8-24)28-18-15(26)14(11-27-18)23-17(21)16(20)22-13-6-4-3-5-12(13)19/h3-6,11,26H,2,7-10H2,1H3,(H2,20,22)(H2,21,23). The molecule has 1 aromatic carbocycles. The largest absolute Gasteiger partial charge is 0.504 e. The summed E-state index contributed by atoms with van der Waals surface area (Å²) < 4.78 is 3.88. The Balaban J connectivity index is 1.70. The molecule has 2 heterocycles. The highest BCUT2D eigenvalue weighted by atomic mass is 79.9. The van der Waals surface area contributed by atoms with Crippen LogP contribution in [0.25, 0.3) is 0 Å². The van der Waals surface area contributed by atoms with Gasteiger partial charge in [0.15, 0.2) is 17.4 Å². The predicted molar refractivity (Wildman–Crippen MR) is 122 cm³/mol. The maximum absolute atomic E-state index is 10.5. The molecule has 150 valence electrons. The predicted octanol–water partition coefficient (Wildman–Crippen LogP) is 3.54. The van der Waals surface area contributed by atoms with E-state index in [1.54, 1.807) is 17.3 Å². The van der Waals surface area contributed by atoms with Gasteiger partial charge in [-0.25, -0.2) is 14.3 Å². The van der Waals surface area contributed by atoms with Crippen molar-refractivity contribution in [1.82, 2.24) is 9.21 Å². The van der Waals surface area contributed by atoms with E-state index in [0.717, 1.165) is 41.4 Å². The van der Waals surface area contributed by atoms with Gasteiger partial charge in [-0.2, -0.15) is 0 Å². The van der Waals surface area contributed by atoms with Crippen LogP contribution in [-0.2, 0) is 0 Å². The van der Waals surface area contributed by atoms with Crippen molar-refractivity contribution in [1.29, 1.82) is 0 Å². The van der Waals surface area contributed by atoms with E-state index in [4.69, 9.17) is 11.5 Å². The van der Waals surface area contributed by atoms with Gasteiger partial charge in [0.05, 0.1) is 5.69 Å². The van der Waals surface area contributed by atoms with Crippen molar-refractivity contribution in [3.05, 3.63) is 34.1 Å². The first kappa shape index (κ1) is 21.1. The van der Waals surface area contributed by atoms with Gasteiger partial charge in [0, 0.05) is 36.0 Å². The molecule has 1 saturated heterocycles. The molecule has 0 unspecified atom stereocenters. The lowest BCUT2D eigenvalue weighted by molar-refractivity contribution is 0.205. The van der Waals surface area contributed by atoms with Gasteiger partial charge in [0.2, 0.25) is 0 Å². The van der Waals surface area contributed by atoms with Gasteiger partial charge in [-0.15, -0.1) is 11.3 Å². The van der Waals surface area contributed by atoms with Crippen LogP contribution in [0.15, 0.2) is 48.3 Å². The molecule has 0 spiro atoms. The first-order valence-corrected chi connectivity index (χ1v) is 11.3. The Bertz CT molecular complexity index is 877. The van der Waals surface area contributed by atoms with Gasteiger partial charge < -0.3 is 21.5 Å². The van der Waals surface area contributed by atoms with Crippen molar-refractivity contribution in [2.24, 2.45) is 21.5 Å². The highest BCUT2D eigenvalue weighted by molar-refractivity contribution is 9.10. The molecule has 1 aliphatic rings. The van der Waals surface area contributed by atoms with Crippen molar-refractivity contribution in [3.63, 3.8) is 0 Å². The second kappa shape index (κ2) is 9.75. The summed E-state index contributed by atoms with van der Waals surface area (Å²) in [5.74, 6) is 0.295. The van der Waals surface area contributed by atoms with E-state index in [1.807, 2.05) is 24.3 Å². The number of aromatic hydroxyl groups is 1. The van der Waals surface area contributed by atoms with Crippen molar-refractivity contribution in [2.45, 2.75) is 11.1 Å². The summed E-state index contributed by atoms with van der Waals surface area (Å²) in [6.07, 6.45) is 0. The van der Waals surface area contributed by atoms with Crippen LogP contribution >= 0.6 is 39.2 Å². The minimum absolute atomic E-state index is 0.0666. The highest BCUT2D eigenvalue weighted by Gasteiger charge is 2.20. The Hall–Kier alpha value is -1.59. The van der Waals surface area contributed by atoms with Crippen molar-refractivity contribution in [3.8, 4) is 5.75 Å². The molecule has 0 saturated carbocycles. The number of hydrogen-bond acceptors (Lipinski definition) is 7. The van der Waals surface area contributed by atoms with E-state index in [0.29, 0.717) is 11.4 Å².